The molecule has 2 rings (SSSR count). The van der Waals surface area contributed by atoms with Gasteiger partial charge in [0.2, 0.25) is 5.91 Å². The fraction of sp³-hybridized carbons (Fsp3) is 0.652. The first kappa shape index (κ1) is 24.9. The lowest BCUT2D eigenvalue weighted by Crippen LogP contribution is -2.45. The van der Waals surface area contributed by atoms with E-state index in [2.05, 4.69) is 10.2 Å². The second kappa shape index (κ2) is 13.9. The number of likely N-dealkylation sites (N-methyl/N-ethyl adjacent to an activating group) is 2. The minimum Gasteiger partial charge on any atom is -0.492 e. The molecule has 0 aliphatic carbocycles. The molecule has 1 aliphatic rings. The molecule has 1 heterocycles. The van der Waals surface area contributed by atoms with Crippen molar-refractivity contribution < 1.29 is 14.3 Å². The molecule has 0 bridgehead atoms. The van der Waals surface area contributed by atoms with Crippen molar-refractivity contribution in [1.29, 1.82) is 0 Å². The quantitative estimate of drug-likeness (QED) is 0.423. The van der Waals surface area contributed by atoms with Crippen LogP contribution in [0.25, 0.3) is 0 Å². The van der Waals surface area contributed by atoms with Gasteiger partial charge in [0, 0.05) is 51.9 Å². The molecule has 1 aromatic rings. The van der Waals surface area contributed by atoms with Gasteiger partial charge in [-0.25, -0.2) is 4.99 Å². The monoisotopic (exact) mass is 433 g/mol. The van der Waals surface area contributed by atoms with E-state index in [0.29, 0.717) is 38.7 Å². The van der Waals surface area contributed by atoms with Crippen LogP contribution in [0.4, 0.5) is 0 Å². The van der Waals surface area contributed by atoms with Gasteiger partial charge in [-0.05, 0) is 26.8 Å². The second-order valence-electron chi connectivity index (χ2n) is 7.50. The fourth-order valence-electron chi connectivity index (χ4n) is 3.47. The summed E-state index contributed by atoms with van der Waals surface area (Å²) in [5.41, 5.74) is 1.03. The maximum Gasteiger partial charge on any atom is 0.242 e. The summed E-state index contributed by atoms with van der Waals surface area (Å²) >= 11 is 0. The van der Waals surface area contributed by atoms with Gasteiger partial charge in [0.05, 0.1) is 26.3 Å². The zero-order valence-electron chi connectivity index (χ0n) is 19.6. The Bertz CT molecular complexity index is 688. The third-order valence-corrected chi connectivity index (χ3v) is 5.33. The highest BCUT2D eigenvalue weighted by Crippen LogP contribution is 2.19. The van der Waals surface area contributed by atoms with Crippen LogP contribution in [0.1, 0.15) is 26.3 Å². The number of morpholine rings is 1. The minimum atomic E-state index is 0.102. The summed E-state index contributed by atoms with van der Waals surface area (Å²) in [4.78, 5) is 23.3. The van der Waals surface area contributed by atoms with E-state index in [1.165, 1.54) is 0 Å². The molecule has 8 nitrogen and oxygen atoms in total. The van der Waals surface area contributed by atoms with Crippen LogP contribution in [0, 0.1) is 0 Å². The first-order valence-corrected chi connectivity index (χ1v) is 11.4. The molecule has 1 amide bonds. The van der Waals surface area contributed by atoms with Crippen molar-refractivity contribution >= 4 is 11.9 Å². The van der Waals surface area contributed by atoms with E-state index in [1.807, 2.05) is 61.9 Å². The number of benzene rings is 1. The predicted octanol–water partition coefficient (Wildman–Crippen LogP) is 1.66. The summed E-state index contributed by atoms with van der Waals surface area (Å²) in [5.74, 6) is 1.67. The van der Waals surface area contributed by atoms with E-state index in [1.54, 1.807) is 0 Å². The Balaban J connectivity index is 1.97. The molecule has 0 spiro atoms. The number of hydrogen-bond donors (Lipinski definition) is 1. The van der Waals surface area contributed by atoms with E-state index in [4.69, 9.17) is 14.5 Å². The van der Waals surface area contributed by atoms with Gasteiger partial charge in [-0.15, -0.1) is 0 Å². The number of carbonyl (C=O) groups excluding carboxylic acids is 1. The number of para-hydroxylation sites is 1. The van der Waals surface area contributed by atoms with Crippen molar-refractivity contribution in [3.8, 4) is 5.75 Å². The molecular weight excluding hydrogens is 394 g/mol. The zero-order chi connectivity index (χ0) is 22.5. The molecule has 1 aromatic carbocycles. The highest BCUT2D eigenvalue weighted by atomic mass is 16.5. The summed E-state index contributed by atoms with van der Waals surface area (Å²) in [6.07, 6.45) is 0. The van der Waals surface area contributed by atoms with Crippen LogP contribution in [-0.2, 0) is 16.1 Å². The van der Waals surface area contributed by atoms with Crippen molar-refractivity contribution in [2.24, 2.45) is 4.99 Å². The maximum atomic E-state index is 12.5. The Morgan fingerprint density at radius 1 is 1.19 bits per heavy atom. The van der Waals surface area contributed by atoms with Gasteiger partial charge in [-0.3, -0.25) is 9.69 Å². The van der Waals surface area contributed by atoms with Crippen LogP contribution in [0.5, 0.6) is 5.75 Å². The summed E-state index contributed by atoms with van der Waals surface area (Å²) < 4.78 is 11.5. The van der Waals surface area contributed by atoms with Gasteiger partial charge in [0.15, 0.2) is 5.96 Å². The zero-order valence-corrected chi connectivity index (χ0v) is 19.6. The summed E-state index contributed by atoms with van der Waals surface area (Å²) in [6, 6.07) is 8.01. The molecule has 0 unspecified atom stereocenters. The van der Waals surface area contributed by atoms with Crippen molar-refractivity contribution in [1.82, 2.24) is 20.0 Å². The average Bonchev–Trinajstić information content (AvgIpc) is 2.79. The largest absolute Gasteiger partial charge is 0.492 e. The van der Waals surface area contributed by atoms with Gasteiger partial charge in [0.1, 0.15) is 12.4 Å². The molecule has 0 aromatic heterocycles. The molecule has 1 fully saturated rings. The topological polar surface area (TPSA) is 69.6 Å². The maximum absolute atomic E-state index is 12.5. The Hall–Kier alpha value is -2.32. The lowest BCUT2D eigenvalue weighted by molar-refractivity contribution is -0.131. The Morgan fingerprint density at radius 3 is 2.58 bits per heavy atom. The van der Waals surface area contributed by atoms with Crippen LogP contribution in [0.15, 0.2) is 29.3 Å². The smallest absolute Gasteiger partial charge is 0.242 e. The first-order chi connectivity index (χ1) is 15.1. The normalized spacial score (nSPS) is 14.9. The number of nitrogens with zero attached hydrogens (tertiary/aromatic N) is 4. The number of ether oxygens (including phenoxy) is 2. The molecule has 1 saturated heterocycles. The standard InChI is InChI=1S/C23H39N5O3/c1-5-24-23(26(4)19-22(29)28(6-2)7-3)25-18-20-10-8-9-11-21(20)31-17-14-27-12-15-30-16-13-27/h8-11H,5-7,12-19H2,1-4H3,(H,24,25). The molecule has 0 radical (unpaired) electrons. The molecule has 0 saturated carbocycles. The van der Waals surface area contributed by atoms with Crippen LogP contribution in [0.2, 0.25) is 0 Å². The van der Waals surface area contributed by atoms with Crippen LogP contribution < -0.4 is 10.1 Å². The number of nitrogens with one attached hydrogen (secondary N) is 1. The molecule has 0 atom stereocenters. The summed E-state index contributed by atoms with van der Waals surface area (Å²) in [5, 5.41) is 3.28. The lowest BCUT2D eigenvalue weighted by atomic mass is 10.2. The Labute approximate surface area is 187 Å². The van der Waals surface area contributed by atoms with Crippen LogP contribution >= 0.6 is 0 Å². The average molecular weight is 434 g/mol. The van der Waals surface area contributed by atoms with Gasteiger partial charge in [0.25, 0.3) is 0 Å². The van der Waals surface area contributed by atoms with Gasteiger partial charge >= 0.3 is 0 Å². The SMILES string of the molecule is CCNC(=NCc1ccccc1OCCN1CCOCC1)N(C)CC(=O)N(CC)CC. The summed E-state index contributed by atoms with van der Waals surface area (Å²) in [7, 11) is 1.90. The second-order valence-corrected chi connectivity index (χ2v) is 7.50. The number of guanidine groups is 1. The third-order valence-electron chi connectivity index (χ3n) is 5.33. The highest BCUT2D eigenvalue weighted by Gasteiger charge is 2.15. The molecule has 174 valence electrons. The molecular formula is C23H39N5O3. The van der Waals surface area contributed by atoms with Crippen molar-refractivity contribution in [3.63, 3.8) is 0 Å². The Kier molecular flexibility index (Phi) is 11.2. The molecule has 1 N–H and O–H groups in total. The van der Waals surface area contributed by atoms with E-state index in [-0.39, 0.29) is 5.91 Å². The number of aliphatic imine (C=N–C) groups is 1. The number of carbonyl (C=O) groups is 1. The van der Waals surface area contributed by atoms with Crippen molar-refractivity contribution in [2.45, 2.75) is 27.3 Å². The summed E-state index contributed by atoms with van der Waals surface area (Å²) in [6.45, 7) is 14.0. The number of amides is 1. The van der Waals surface area contributed by atoms with E-state index in [9.17, 15) is 4.79 Å². The van der Waals surface area contributed by atoms with E-state index >= 15 is 0 Å². The number of rotatable bonds is 11. The first-order valence-electron chi connectivity index (χ1n) is 11.4. The number of hydrogen-bond acceptors (Lipinski definition) is 5. The van der Waals surface area contributed by atoms with E-state index < -0.39 is 0 Å². The van der Waals surface area contributed by atoms with Gasteiger partial charge < -0.3 is 24.6 Å². The lowest BCUT2D eigenvalue weighted by Gasteiger charge is -2.26. The van der Waals surface area contributed by atoms with Gasteiger partial charge in [-0.1, -0.05) is 18.2 Å². The third kappa shape index (κ3) is 8.38. The van der Waals surface area contributed by atoms with E-state index in [0.717, 1.165) is 50.7 Å². The van der Waals surface area contributed by atoms with Gasteiger partial charge in [-0.2, -0.15) is 0 Å². The van der Waals surface area contributed by atoms with Crippen LogP contribution in [-0.4, -0.2) is 99.2 Å². The molecule has 1 aliphatic heterocycles. The highest BCUT2D eigenvalue weighted by molar-refractivity contribution is 5.86. The predicted molar refractivity (Wildman–Crippen MR) is 125 cm³/mol. The van der Waals surface area contributed by atoms with Crippen molar-refractivity contribution in [3.05, 3.63) is 29.8 Å². The van der Waals surface area contributed by atoms with Crippen molar-refractivity contribution in [2.75, 3.05) is 72.7 Å². The minimum absolute atomic E-state index is 0.102. The van der Waals surface area contributed by atoms with Crippen LogP contribution in [0.3, 0.4) is 0 Å². The fourth-order valence-corrected chi connectivity index (χ4v) is 3.47. The Morgan fingerprint density at radius 2 is 1.90 bits per heavy atom. The molecule has 8 heteroatoms. The molecule has 31 heavy (non-hydrogen) atoms.